The number of nitrogens with zero attached hydrogens (tertiary/aromatic N) is 3. The highest BCUT2D eigenvalue weighted by molar-refractivity contribution is 6.34. The molecule has 1 fully saturated rings. The van der Waals surface area contributed by atoms with Crippen LogP contribution in [0.25, 0.3) is 0 Å². The quantitative estimate of drug-likeness (QED) is 0.467. The van der Waals surface area contributed by atoms with E-state index in [1.54, 1.807) is 6.92 Å². The first kappa shape index (κ1) is 23.3. The van der Waals surface area contributed by atoms with Crippen LogP contribution in [0.1, 0.15) is 39.5 Å². The summed E-state index contributed by atoms with van der Waals surface area (Å²) in [5, 5.41) is 10.5. The van der Waals surface area contributed by atoms with Crippen LogP contribution in [0.2, 0.25) is 10.0 Å². The summed E-state index contributed by atoms with van der Waals surface area (Å²) >= 11 is 12.0. The fourth-order valence-electron chi connectivity index (χ4n) is 3.94. The van der Waals surface area contributed by atoms with Gasteiger partial charge in [0.2, 0.25) is 5.60 Å². The van der Waals surface area contributed by atoms with E-state index in [1.807, 2.05) is 0 Å². The number of rotatable bonds is 4. The van der Waals surface area contributed by atoms with Gasteiger partial charge in [-0.3, -0.25) is 4.84 Å². The van der Waals surface area contributed by atoms with E-state index in [-0.39, 0.29) is 26.9 Å². The first-order valence-corrected chi connectivity index (χ1v) is 10.4. The van der Waals surface area contributed by atoms with Crippen molar-refractivity contribution in [3.63, 3.8) is 0 Å². The van der Waals surface area contributed by atoms with Crippen LogP contribution in [0.15, 0.2) is 55.1 Å². The average molecular weight is 498 g/mol. The molecule has 2 atom stereocenters. The average Bonchev–Trinajstić information content (AvgIpc) is 3.16. The van der Waals surface area contributed by atoms with E-state index in [4.69, 9.17) is 28.0 Å². The summed E-state index contributed by atoms with van der Waals surface area (Å²) in [5.74, 6) is -1.13. The molecule has 1 saturated heterocycles. The van der Waals surface area contributed by atoms with Crippen LogP contribution in [0, 0.1) is 6.92 Å². The van der Waals surface area contributed by atoms with Crippen molar-refractivity contribution < 1.29 is 27.9 Å². The van der Waals surface area contributed by atoms with E-state index >= 15 is 0 Å². The fourth-order valence-corrected chi connectivity index (χ4v) is 4.46. The summed E-state index contributed by atoms with van der Waals surface area (Å²) in [4.78, 5) is 24.9. The van der Waals surface area contributed by atoms with Gasteiger partial charge in [-0.25, -0.2) is 19.8 Å². The number of carboxylic acid groups (broad SMARTS) is 1. The van der Waals surface area contributed by atoms with Gasteiger partial charge in [-0.15, -0.1) is 0 Å². The van der Waals surface area contributed by atoms with Gasteiger partial charge in [-0.05, 0) is 47.9 Å². The summed E-state index contributed by atoms with van der Waals surface area (Å²) in [6.45, 7) is 1.58. The molecule has 0 spiro atoms. The van der Waals surface area contributed by atoms with Crippen LogP contribution < -0.4 is 5.06 Å². The van der Waals surface area contributed by atoms with Crippen molar-refractivity contribution in [2.45, 2.75) is 31.2 Å². The number of anilines is 1. The Morgan fingerprint density at radius 1 is 1.15 bits per heavy atom. The molecule has 3 aromatic rings. The number of alkyl halides is 3. The summed E-state index contributed by atoms with van der Waals surface area (Å²) < 4.78 is 43.9. The van der Waals surface area contributed by atoms with Crippen LogP contribution in [0.4, 0.5) is 18.9 Å². The monoisotopic (exact) mass is 497 g/mol. The molecule has 1 N–H and O–H groups in total. The van der Waals surface area contributed by atoms with Crippen LogP contribution in [-0.4, -0.2) is 27.2 Å². The van der Waals surface area contributed by atoms with Crippen molar-refractivity contribution in [2.24, 2.45) is 0 Å². The molecule has 1 aromatic heterocycles. The van der Waals surface area contributed by atoms with Crippen molar-refractivity contribution in [3.05, 3.63) is 87.4 Å². The van der Waals surface area contributed by atoms with Crippen molar-refractivity contribution in [3.8, 4) is 0 Å². The number of aromatic carboxylic acids is 1. The maximum Gasteiger partial charge on any atom is 0.424 e. The lowest BCUT2D eigenvalue weighted by Crippen LogP contribution is -2.43. The van der Waals surface area contributed by atoms with Crippen molar-refractivity contribution in [1.82, 2.24) is 9.97 Å². The Hall–Kier alpha value is -2.88. The number of hydrogen-bond acceptors (Lipinski definition) is 5. The minimum atomic E-state index is -4.85. The van der Waals surface area contributed by atoms with Gasteiger partial charge in [0, 0.05) is 16.5 Å². The Balaban J connectivity index is 1.90. The molecule has 33 heavy (non-hydrogen) atoms. The van der Waals surface area contributed by atoms with Gasteiger partial charge in [0.05, 0.1) is 24.0 Å². The molecule has 4 rings (SSSR count). The van der Waals surface area contributed by atoms with Crippen molar-refractivity contribution >= 4 is 34.9 Å². The Morgan fingerprint density at radius 3 is 2.33 bits per heavy atom. The minimum Gasteiger partial charge on any atom is -0.478 e. The highest BCUT2D eigenvalue weighted by Gasteiger charge is 2.64. The van der Waals surface area contributed by atoms with E-state index in [1.165, 1.54) is 55.1 Å². The molecular weight excluding hydrogens is 482 g/mol. The van der Waals surface area contributed by atoms with E-state index in [2.05, 4.69) is 9.97 Å². The minimum absolute atomic E-state index is 0.0319. The number of aryl methyl sites for hydroxylation is 1. The first-order chi connectivity index (χ1) is 15.5. The molecule has 2 aromatic carbocycles. The van der Waals surface area contributed by atoms with E-state index in [9.17, 15) is 23.1 Å². The molecule has 0 bridgehead atoms. The zero-order chi connectivity index (χ0) is 24.0. The number of benzene rings is 2. The number of carboxylic acids is 1. The van der Waals surface area contributed by atoms with Gasteiger partial charge in [0.25, 0.3) is 0 Å². The topological polar surface area (TPSA) is 75.5 Å². The van der Waals surface area contributed by atoms with E-state index in [0.717, 1.165) is 5.06 Å². The smallest absolute Gasteiger partial charge is 0.424 e. The number of hydroxylamine groups is 1. The zero-order valence-electron chi connectivity index (χ0n) is 17.0. The summed E-state index contributed by atoms with van der Waals surface area (Å²) in [6, 6.07) is 7.08. The lowest BCUT2D eigenvalue weighted by atomic mass is 9.85. The number of aromatic nitrogens is 2. The first-order valence-electron chi connectivity index (χ1n) is 9.62. The highest BCUT2D eigenvalue weighted by Crippen LogP contribution is 2.56. The molecule has 0 radical (unpaired) electrons. The van der Waals surface area contributed by atoms with Crippen LogP contribution >= 0.6 is 23.2 Å². The maximum absolute atomic E-state index is 14.6. The van der Waals surface area contributed by atoms with E-state index < -0.39 is 30.2 Å². The molecule has 0 saturated carbocycles. The highest BCUT2D eigenvalue weighted by atomic mass is 35.5. The lowest BCUT2D eigenvalue weighted by Gasteiger charge is -2.31. The number of carbonyl (C=O) groups is 1. The molecule has 0 aliphatic carbocycles. The molecule has 2 heterocycles. The Labute approximate surface area is 196 Å². The van der Waals surface area contributed by atoms with Crippen molar-refractivity contribution in [1.29, 1.82) is 0 Å². The van der Waals surface area contributed by atoms with Crippen LogP contribution in [-0.2, 0) is 10.4 Å². The molecule has 1 aliphatic rings. The predicted octanol–water partition coefficient (Wildman–Crippen LogP) is 6.13. The van der Waals surface area contributed by atoms with Gasteiger partial charge in [0.15, 0.2) is 0 Å². The largest absolute Gasteiger partial charge is 0.478 e. The van der Waals surface area contributed by atoms with Crippen LogP contribution in [0.3, 0.4) is 0 Å². The fraction of sp³-hybridized carbons (Fsp3) is 0.227. The van der Waals surface area contributed by atoms with Gasteiger partial charge in [-0.1, -0.05) is 35.3 Å². The second-order valence-corrected chi connectivity index (χ2v) is 8.47. The van der Waals surface area contributed by atoms with Crippen molar-refractivity contribution in [2.75, 3.05) is 5.06 Å². The molecule has 0 amide bonds. The predicted molar refractivity (Wildman–Crippen MR) is 115 cm³/mol. The van der Waals surface area contributed by atoms with Crippen LogP contribution in [0.5, 0.6) is 0 Å². The summed E-state index contributed by atoms with van der Waals surface area (Å²) in [5.41, 5.74) is -1.95. The Kier molecular flexibility index (Phi) is 5.98. The van der Waals surface area contributed by atoms with Gasteiger partial charge >= 0.3 is 12.1 Å². The standard InChI is InChI=1S/C22H16Cl2F3N3O3/c1-12-4-13(2-3-18(12)20(31)32)19-8-21(22(25,26)27,14-5-15(23)7-16(24)6-14)33-30(19)17-9-28-11-29-10-17/h2-7,9-11,19H,8H2,1H3,(H,31,32). The van der Waals surface area contributed by atoms with Gasteiger partial charge in [0.1, 0.15) is 12.0 Å². The van der Waals surface area contributed by atoms with Gasteiger partial charge in [-0.2, -0.15) is 13.2 Å². The maximum atomic E-state index is 14.6. The lowest BCUT2D eigenvalue weighted by molar-refractivity contribution is -0.272. The Morgan fingerprint density at radius 2 is 1.79 bits per heavy atom. The normalized spacial score (nSPS) is 20.8. The third-order valence-corrected chi connectivity index (χ3v) is 5.91. The summed E-state index contributed by atoms with van der Waals surface area (Å²) in [6.07, 6.45) is -1.49. The second kappa shape index (κ2) is 8.48. The molecule has 6 nitrogen and oxygen atoms in total. The second-order valence-electron chi connectivity index (χ2n) is 7.60. The number of hydrogen-bond donors (Lipinski definition) is 1. The summed E-state index contributed by atoms with van der Waals surface area (Å²) in [7, 11) is 0. The molecule has 2 unspecified atom stereocenters. The molecule has 11 heteroatoms. The number of halogens is 5. The molecule has 172 valence electrons. The van der Waals surface area contributed by atoms with Gasteiger partial charge < -0.3 is 5.11 Å². The van der Waals surface area contributed by atoms with E-state index in [0.29, 0.717) is 11.1 Å². The zero-order valence-corrected chi connectivity index (χ0v) is 18.5. The third kappa shape index (κ3) is 4.23. The Bertz CT molecular complexity index is 1190. The molecular formula is C22H16Cl2F3N3O3. The third-order valence-electron chi connectivity index (χ3n) is 5.47. The molecule has 1 aliphatic heterocycles. The SMILES string of the molecule is Cc1cc(C2CC(c3cc(Cl)cc(Cl)c3)(C(F)(F)F)ON2c2cncnc2)ccc1C(=O)O.